The monoisotopic (exact) mass is 383 g/mol. The maximum absolute atomic E-state index is 12.2. The summed E-state index contributed by atoms with van der Waals surface area (Å²) in [6, 6.07) is 15.3. The highest BCUT2D eigenvalue weighted by atomic mass is 16.5. The van der Waals surface area contributed by atoms with Crippen molar-refractivity contribution in [2.75, 3.05) is 0 Å². The van der Waals surface area contributed by atoms with Crippen LogP contribution in [0.4, 0.5) is 0 Å². The first-order valence-electron chi connectivity index (χ1n) is 9.03. The van der Waals surface area contributed by atoms with Gasteiger partial charge in [0.1, 0.15) is 5.75 Å². The van der Waals surface area contributed by atoms with Crippen LogP contribution in [0.15, 0.2) is 54.6 Å². The minimum atomic E-state index is -0.483. The highest BCUT2D eigenvalue weighted by Crippen LogP contribution is 2.16. The summed E-state index contributed by atoms with van der Waals surface area (Å²) >= 11 is 0. The number of hydrazine groups is 1. The standard InChI is InChI=1S/C21H25N3O4/c1-14(2)28-18-11-9-17(10-12-18)21(27)24-23-20(26)13-19(22-15(3)25)16-7-5-4-6-8-16/h4-12,14,19H,13H2,1-3H3,(H,22,25)(H,23,26)(H,24,27). The molecule has 0 heterocycles. The van der Waals surface area contributed by atoms with Crippen molar-refractivity contribution in [3.05, 3.63) is 65.7 Å². The molecule has 148 valence electrons. The Hall–Kier alpha value is -3.35. The molecule has 0 radical (unpaired) electrons. The second kappa shape index (κ2) is 10.1. The minimum Gasteiger partial charge on any atom is -0.491 e. The van der Waals surface area contributed by atoms with Crippen LogP contribution in [0.25, 0.3) is 0 Å². The Labute approximate surface area is 164 Å². The second-order valence-electron chi connectivity index (χ2n) is 6.56. The molecule has 28 heavy (non-hydrogen) atoms. The van der Waals surface area contributed by atoms with Crippen LogP contribution in [0.5, 0.6) is 5.75 Å². The van der Waals surface area contributed by atoms with Crippen molar-refractivity contribution in [2.45, 2.75) is 39.3 Å². The fourth-order valence-electron chi connectivity index (χ4n) is 2.58. The van der Waals surface area contributed by atoms with Crippen molar-refractivity contribution in [1.82, 2.24) is 16.2 Å². The SMILES string of the molecule is CC(=O)NC(CC(=O)NNC(=O)c1ccc(OC(C)C)cc1)c1ccccc1. The molecular weight excluding hydrogens is 358 g/mol. The molecule has 3 N–H and O–H groups in total. The summed E-state index contributed by atoms with van der Waals surface area (Å²) in [7, 11) is 0. The number of nitrogens with one attached hydrogen (secondary N) is 3. The van der Waals surface area contributed by atoms with Gasteiger partial charge in [0.15, 0.2) is 0 Å². The molecule has 0 aliphatic carbocycles. The summed E-state index contributed by atoms with van der Waals surface area (Å²) in [4.78, 5) is 35.8. The van der Waals surface area contributed by atoms with Crippen molar-refractivity contribution in [3.63, 3.8) is 0 Å². The lowest BCUT2D eigenvalue weighted by Crippen LogP contribution is -2.43. The van der Waals surface area contributed by atoms with Crippen molar-refractivity contribution in [1.29, 1.82) is 0 Å². The van der Waals surface area contributed by atoms with Crippen LogP contribution in [0.3, 0.4) is 0 Å². The average molecular weight is 383 g/mol. The van der Waals surface area contributed by atoms with E-state index in [0.717, 1.165) is 5.56 Å². The van der Waals surface area contributed by atoms with E-state index in [4.69, 9.17) is 4.74 Å². The van der Waals surface area contributed by atoms with Crippen LogP contribution < -0.4 is 20.9 Å². The first-order valence-corrected chi connectivity index (χ1v) is 9.03. The third kappa shape index (κ3) is 6.75. The van der Waals surface area contributed by atoms with Crippen LogP contribution in [-0.2, 0) is 9.59 Å². The molecular formula is C21H25N3O4. The lowest BCUT2D eigenvalue weighted by Gasteiger charge is -2.18. The van der Waals surface area contributed by atoms with Gasteiger partial charge in [0, 0.05) is 12.5 Å². The molecule has 2 aromatic carbocycles. The molecule has 2 rings (SSSR count). The summed E-state index contributed by atoms with van der Waals surface area (Å²) in [6.07, 6.45) is 0.0329. The van der Waals surface area contributed by atoms with Gasteiger partial charge in [-0.05, 0) is 43.7 Å². The molecule has 1 atom stereocenters. The fourth-order valence-corrected chi connectivity index (χ4v) is 2.58. The number of ether oxygens (including phenoxy) is 1. The average Bonchev–Trinajstić information content (AvgIpc) is 2.66. The van der Waals surface area contributed by atoms with E-state index < -0.39 is 17.9 Å². The zero-order chi connectivity index (χ0) is 20.5. The Morgan fingerprint density at radius 2 is 1.57 bits per heavy atom. The second-order valence-corrected chi connectivity index (χ2v) is 6.56. The van der Waals surface area contributed by atoms with Crippen LogP contribution in [0.2, 0.25) is 0 Å². The topological polar surface area (TPSA) is 96.5 Å². The van der Waals surface area contributed by atoms with Gasteiger partial charge in [0.05, 0.1) is 18.6 Å². The van der Waals surface area contributed by atoms with Gasteiger partial charge in [-0.15, -0.1) is 0 Å². The smallest absolute Gasteiger partial charge is 0.269 e. The third-order valence-corrected chi connectivity index (χ3v) is 3.77. The van der Waals surface area contributed by atoms with Crippen molar-refractivity contribution in [2.24, 2.45) is 0 Å². The molecule has 0 aromatic heterocycles. The van der Waals surface area contributed by atoms with E-state index in [9.17, 15) is 14.4 Å². The van der Waals surface area contributed by atoms with E-state index in [2.05, 4.69) is 16.2 Å². The van der Waals surface area contributed by atoms with Crippen LogP contribution in [0, 0.1) is 0 Å². The summed E-state index contributed by atoms with van der Waals surface area (Å²) < 4.78 is 5.53. The molecule has 0 saturated heterocycles. The Kier molecular flexibility index (Phi) is 7.56. The van der Waals surface area contributed by atoms with Crippen LogP contribution in [-0.4, -0.2) is 23.8 Å². The normalized spacial score (nSPS) is 11.4. The first-order chi connectivity index (χ1) is 13.3. The third-order valence-electron chi connectivity index (χ3n) is 3.77. The van der Waals surface area contributed by atoms with Crippen molar-refractivity contribution < 1.29 is 19.1 Å². The molecule has 0 spiro atoms. The molecule has 0 aliphatic heterocycles. The van der Waals surface area contributed by atoms with Gasteiger partial charge in [-0.1, -0.05) is 30.3 Å². The number of carbonyl (C=O) groups excluding carboxylic acids is 3. The zero-order valence-corrected chi connectivity index (χ0v) is 16.2. The Morgan fingerprint density at radius 3 is 2.14 bits per heavy atom. The maximum Gasteiger partial charge on any atom is 0.269 e. The van der Waals surface area contributed by atoms with Gasteiger partial charge in [0.25, 0.3) is 5.91 Å². The Morgan fingerprint density at radius 1 is 0.929 bits per heavy atom. The Bertz CT molecular complexity index is 804. The molecule has 3 amide bonds. The molecule has 2 aromatic rings. The molecule has 7 heteroatoms. The highest BCUT2D eigenvalue weighted by Gasteiger charge is 2.17. The van der Waals surface area contributed by atoms with Gasteiger partial charge in [0.2, 0.25) is 11.8 Å². The maximum atomic E-state index is 12.2. The van der Waals surface area contributed by atoms with E-state index in [1.807, 2.05) is 44.2 Å². The summed E-state index contributed by atoms with van der Waals surface area (Å²) in [6.45, 7) is 5.22. The number of hydrogen-bond donors (Lipinski definition) is 3. The van der Waals surface area contributed by atoms with E-state index in [1.165, 1.54) is 6.92 Å². The number of amides is 3. The summed E-state index contributed by atoms with van der Waals surface area (Å²) in [5, 5.41) is 2.74. The number of hydrogen-bond acceptors (Lipinski definition) is 4. The van der Waals surface area contributed by atoms with Crippen molar-refractivity contribution >= 4 is 17.7 Å². The van der Waals surface area contributed by atoms with E-state index >= 15 is 0 Å². The lowest BCUT2D eigenvalue weighted by molar-refractivity contribution is -0.123. The molecule has 0 fully saturated rings. The highest BCUT2D eigenvalue weighted by molar-refractivity contribution is 5.95. The number of rotatable bonds is 7. The van der Waals surface area contributed by atoms with Crippen LogP contribution in [0.1, 0.15) is 49.2 Å². The predicted molar refractivity (Wildman–Crippen MR) is 105 cm³/mol. The van der Waals surface area contributed by atoms with E-state index in [0.29, 0.717) is 11.3 Å². The number of carbonyl (C=O) groups is 3. The molecule has 0 saturated carbocycles. The Balaban J connectivity index is 1.91. The van der Waals surface area contributed by atoms with Crippen molar-refractivity contribution in [3.8, 4) is 5.75 Å². The fraction of sp³-hybridized carbons (Fsp3) is 0.286. The molecule has 1 unspecified atom stereocenters. The van der Waals surface area contributed by atoms with Gasteiger partial charge >= 0.3 is 0 Å². The molecule has 7 nitrogen and oxygen atoms in total. The van der Waals surface area contributed by atoms with Gasteiger partial charge < -0.3 is 10.1 Å². The summed E-state index contributed by atoms with van der Waals surface area (Å²) in [5.74, 6) is -0.443. The summed E-state index contributed by atoms with van der Waals surface area (Å²) in [5.41, 5.74) is 5.95. The zero-order valence-electron chi connectivity index (χ0n) is 16.2. The van der Waals surface area contributed by atoms with Gasteiger partial charge in [-0.3, -0.25) is 25.2 Å². The quantitative estimate of drug-likeness (QED) is 0.640. The minimum absolute atomic E-state index is 0.00889. The van der Waals surface area contributed by atoms with E-state index in [-0.39, 0.29) is 18.4 Å². The predicted octanol–water partition coefficient (Wildman–Crippen LogP) is 2.50. The largest absolute Gasteiger partial charge is 0.491 e. The van der Waals surface area contributed by atoms with E-state index in [1.54, 1.807) is 24.3 Å². The first kappa shape index (κ1) is 21.0. The lowest BCUT2D eigenvalue weighted by atomic mass is 10.0. The molecule has 0 bridgehead atoms. The van der Waals surface area contributed by atoms with Gasteiger partial charge in [-0.25, -0.2) is 0 Å². The van der Waals surface area contributed by atoms with Crippen LogP contribution >= 0.6 is 0 Å². The van der Waals surface area contributed by atoms with Gasteiger partial charge in [-0.2, -0.15) is 0 Å². The molecule has 0 aliphatic rings. The number of benzene rings is 2.